The van der Waals surface area contributed by atoms with Gasteiger partial charge < -0.3 is 9.80 Å². The van der Waals surface area contributed by atoms with E-state index in [-0.39, 0.29) is 5.56 Å². The number of nitrogens with zero attached hydrogens (tertiary/aromatic N) is 5. The smallest absolute Gasteiger partial charge is 0.287 e. The Morgan fingerprint density at radius 2 is 1.70 bits per heavy atom. The van der Waals surface area contributed by atoms with Gasteiger partial charge in [0.25, 0.3) is 5.56 Å². The van der Waals surface area contributed by atoms with Gasteiger partial charge >= 0.3 is 0 Å². The van der Waals surface area contributed by atoms with Crippen LogP contribution in [0.2, 0.25) is 0 Å². The minimum absolute atomic E-state index is 0.0410. The Kier molecular flexibility index (Phi) is 8.41. The van der Waals surface area contributed by atoms with Gasteiger partial charge in [0, 0.05) is 49.9 Å². The second-order valence-electron chi connectivity index (χ2n) is 9.50. The fourth-order valence-electron chi connectivity index (χ4n) is 4.50. The molecule has 8 heteroatoms. The van der Waals surface area contributed by atoms with Gasteiger partial charge in [0.2, 0.25) is 0 Å². The molecule has 0 aliphatic carbocycles. The van der Waals surface area contributed by atoms with Gasteiger partial charge in [-0.05, 0) is 48.8 Å². The van der Waals surface area contributed by atoms with Gasteiger partial charge in [-0.1, -0.05) is 48.5 Å². The third-order valence-electron chi connectivity index (χ3n) is 6.58. The molecule has 0 atom stereocenters. The maximum Gasteiger partial charge on any atom is 0.287 e. The summed E-state index contributed by atoms with van der Waals surface area (Å²) in [4.78, 5) is 22.6. The average Bonchev–Trinajstić information content (AvgIpc) is 3.46. The van der Waals surface area contributed by atoms with Crippen LogP contribution in [-0.2, 0) is 6.54 Å². The zero-order valence-corrected chi connectivity index (χ0v) is 23.0. The van der Waals surface area contributed by atoms with E-state index in [0.717, 1.165) is 61.3 Å². The maximum atomic E-state index is 13.6. The van der Waals surface area contributed by atoms with Crippen LogP contribution >= 0.6 is 23.1 Å². The van der Waals surface area contributed by atoms with Gasteiger partial charge in [-0.2, -0.15) is 9.78 Å². The van der Waals surface area contributed by atoms with Crippen LogP contribution in [0.25, 0.3) is 16.1 Å². The topological polar surface area (TPSA) is 44.6 Å². The van der Waals surface area contributed by atoms with Crippen molar-refractivity contribution in [3.8, 4) is 16.1 Å². The summed E-state index contributed by atoms with van der Waals surface area (Å²) in [6.07, 6.45) is 1.88. The van der Waals surface area contributed by atoms with Crippen LogP contribution in [0.5, 0.6) is 0 Å². The molecular formula is C29H33N5OS2. The summed E-state index contributed by atoms with van der Waals surface area (Å²) in [6.45, 7) is 5.52. The number of hydrogen-bond donors (Lipinski definition) is 0. The van der Waals surface area contributed by atoms with Crippen LogP contribution < -0.4 is 10.5 Å². The lowest BCUT2D eigenvalue weighted by atomic mass is 10.1. The standard InChI is InChI=1S/C29H33N5OS2/c1-31(2)18-20-37-28-26(21-30-34(29(28)35)25-7-4-3-5-8-25)33-16-14-32(15-17-33)22-23-10-12-24(13-11-23)27-9-6-19-36-27/h3-13,19,21H,14-18,20,22H2,1-2H3. The largest absolute Gasteiger partial charge is 0.367 e. The van der Waals surface area contributed by atoms with Crippen LogP contribution in [0.15, 0.2) is 88.0 Å². The normalized spacial score (nSPS) is 14.4. The Bertz CT molecular complexity index is 1330. The number of hydrogen-bond acceptors (Lipinski definition) is 7. The Balaban J connectivity index is 1.28. The first-order valence-electron chi connectivity index (χ1n) is 12.6. The number of thiophene rings is 1. The van der Waals surface area contributed by atoms with E-state index >= 15 is 0 Å². The summed E-state index contributed by atoms with van der Waals surface area (Å²) in [6, 6.07) is 22.9. The van der Waals surface area contributed by atoms with Crippen molar-refractivity contribution in [2.45, 2.75) is 11.4 Å². The predicted octanol–water partition coefficient (Wildman–Crippen LogP) is 4.94. The quantitative estimate of drug-likeness (QED) is 0.285. The van der Waals surface area contributed by atoms with E-state index in [1.54, 1.807) is 23.1 Å². The van der Waals surface area contributed by atoms with Crippen LogP contribution in [0.1, 0.15) is 5.56 Å². The second kappa shape index (κ2) is 12.1. The van der Waals surface area contributed by atoms with E-state index in [0.29, 0.717) is 0 Å². The lowest BCUT2D eigenvalue weighted by molar-refractivity contribution is 0.249. The van der Waals surface area contributed by atoms with Crippen molar-refractivity contribution in [3.05, 3.63) is 94.2 Å². The van der Waals surface area contributed by atoms with E-state index < -0.39 is 0 Å². The van der Waals surface area contributed by atoms with Gasteiger partial charge in [-0.3, -0.25) is 9.69 Å². The molecule has 6 nitrogen and oxygen atoms in total. The average molecular weight is 532 g/mol. The number of rotatable bonds is 9. The number of thioether (sulfide) groups is 1. The van der Waals surface area contributed by atoms with Gasteiger partial charge in [-0.25, -0.2) is 0 Å². The van der Waals surface area contributed by atoms with E-state index in [4.69, 9.17) is 0 Å². The first-order chi connectivity index (χ1) is 18.1. The maximum absolute atomic E-state index is 13.6. The Hall–Kier alpha value is -2.91. The molecule has 0 spiro atoms. The highest BCUT2D eigenvalue weighted by atomic mass is 32.2. The molecule has 2 aromatic carbocycles. The van der Waals surface area contributed by atoms with E-state index in [1.165, 1.54) is 20.7 Å². The van der Waals surface area contributed by atoms with Crippen molar-refractivity contribution in [2.24, 2.45) is 0 Å². The molecule has 0 radical (unpaired) electrons. The summed E-state index contributed by atoms with van der Waals surface area (Å²) in [5.74, 6) is 0.857. The van der Waals surface area contributed by atoms with Crippen molar-refractivity contribution in [3.63, 3.8) is 0 Å². The zero-order chi connectivity index (χ0) is 25.6. The highest BCUT2D eigenvalue weighted by molar-refractivity contribution is 7.99. The van der Waals surface area contributed by atoms with Crippen molar-refractivity contribution in [2.75, 3.05) is 57.5 Å². The summed E-state index contributed by atoms with van der Waals surface area (Å²) in [7, 11) is 4.12. The molecule has 3 heterocycles. The molecule has 0 amide bonds. The highest BCUT2D eigenvalue weighted by Crippen LogP contribution is 2.28. The lowest BCUT2D eigenvalue weighted by Gasteiger charge is -2.36. The summed E-state index contributed by atoms with van der Waals surface area (Å²) >= 11 is 3.41. The Morgan fingerprint density at radius 1 is 0.946 bits per heavy atom. The van der Waals surface area contributed by atoms with Gasteiger partial charge in [0.15, 0.2) is 0 Å². The lowest BCUT2D eigenvalue weighted by Crippen LogP contribution is -2.46. The third-order valence-corrected chi connectivity index (χ3v) is 8.56. The molecule has 1 aliphatic rings. The van der Waals surface area contributed by atoms with E-state index in [9.17, 15) is 4.79 Å². The van der Waals surface area contributed by atoms with Gasteiger partial charge in [0.05, 0.1) is 22.5 Å². The highest BCUT2D eigenvalue weighted by Gasteiger charge is 2.23. The SMILES string of the molecule is CN(C)CCSc1c(N2CCN(Cc3ccc(-c4cccs4)cc3)CC2)cnn(-c2ccccc2)c1=O. The fraction of sp³-hybridized carbons (Fsp3) is 0.310. The molecule has 1 aliphatic heterocycles. The Labute approximate surface area is 227 Å². The molecule has 1 saturated heterocycles. The molecule has 0 unspecified atom stereocenters. The number of benzene rings is 2. The monoisotopic (exact) mass is 531 g/mol. The van der Waals surface area contributed by atoms with Gasteiger partial charge in [-0.15, -0.1) is 23.1 Å². The molecule has 1 fully saturated rings. The molecule has 5 rings (SSSR count). The van der Waals surface area contributed by atoms with E-state index in [2.05, 4.69) is 75.7 Å². The molecule has 37 heavy (non-hydrogen) atoms. The summed E-state index contributed by atoms with van der Waals surface area (Å²) in [5.41, 5.74) is 4.33. The first kappa shape index (κ1) is 25.7. The first-order valence-corrected chi connectivity index (χ1v) is 14.5. The van der Waals surface area contributed by atoms with Crippen LogP contribution in [0.3, 0.4) is 0 Å². The van der Waals surface area contributed by atoms with Crippen LogP contribution in [0.4, 0.5) is 5.69 Å². The molecule has 0 saturated carbocycles. The van der Waals surface area contributed by atoms with Crippen molar-refractivity contribution >= 4 is 28.8 Å². The van der Waals surface area contributed by atoms with E-state index in [1.807, 2.05) is 36.5 Å². The Morgan fingerprint density at radius 3 is 2.38 bits per heavy atom. The van der Waals surface area contributed by atoms with Crippen molar-refractivity contribution in [1.29, 1.82) is 0 Å². The molecule has 0 bridgehead atoms. The molecule has 192 valence electrons. The summed E-state index contributed by atoms with van der Waals surface area (Å²) < 4.78 is 1.53. The van der Waals surface area contributed by atoms with Crippen molar-refractivity contribution in [1.82, 2.24) is 19.6 Å². The second-order valence-corrected chi connectivity index (χ2v) is 11.6. The minimum atomic E-state index is -0.0410. The van der Waals surface area contributed by atoms with Crippen LogP contribution in [-0.4, -0.2) is 72.2 Å². The number of anilines is 1. The fourth-order valence-corrected chi connectivity index (χ4v) is 6.43. The molecule has 4 aromatic rings. The molecule has 2 aromatic heterocycles. The number of aromatic nitrogens is 2. The number of para-hydroxylation sites is 1. The molecular weight excluding hydrogens is 498 g/mol. The minimum Gasteiger partial charge on any atom is -0.367 e. The van der Waals surface area contributed by atoms with Gasteiger partial charge in [0.1, 0.15) is 0 Å². The molecule has 0 N–H and O–H groups in total. The third kappa shape index (κ3) is 6.33. The van der Waals surface area contributed by atoms with Crippen molar-refractivity contribution < 1.29 is 0 Å². The number of piperazine rings is 1. The zero-order valence-electron chi connectivity index (χ0n) is 21.4. The predicted molar refractivity (Wildman–Crippen MR) is 156 cm³/mol. The van der Waals surface area contributed by atoms with Crippen LogP contribution in [0, 0.1) is 0 Å². The summed E-state index contributed by atoms with van der Waals surface area (Å²) in [5, 5.41) is 6.69.